The van der Waals surface area contributed by atoms with Crippen molar-refractivity contribution in [2.24, 2.45) is 0 Å². The smallest absolute Gasteiger partial charge is 0.348 e. The fraction of sp³-hybridized carbons (Fsp3) is 0.400. The van der Waals surface area contributed by atoms with E-state index >= 15 is 0 Å². The third-order valence-corrected chi connectivity index (χ3v) is 2.85. The van der Waals surface area contributed by atoms with Crippen molar-refractivity contribution in [1.29, 1.82) is 0 Å². The van der Waals surface area contributed by atoms with Crippen LogP contribution in [0.25, 0.3) is 0 Å². The number of hydrogen-bond acceptors (Lipinski definition) is 5. The van der Waals surface area contributed by atoms with Crippen LogP contribution < -0.4 is 11.2 Å². The highest BCUT2D eigenvalue weighted by Gasteiger charge is 2.10. The minimum Gasteiger partial charge on any atom is -0.393 e. The van der Waals surface area contributed by atoms with Gasteiger partial charge in [-0.15, -0.1) is 0 Å². The predicted molar refractivity (Wildman–Crippen MR) is 69.2 cm³/mol. The fourth-order valence-electron chi connectivity index (χ4n) is 1.27. The molecule has 0 spiro atoms. The van der Waals surface area contributed by atoms with E-state index in [1.54, 1.807) is 0 Å². The number of aliphatic hydroxyl groups is 1. The van der Waals surface area contributed by atoms with E-state index in [0.29, 0.717) is 11.4 Å². The molecule has 1 aromatic rings. The van der Waals surface area contributed by atoms with Crippen molar-refractivity contribution in [2.75, 3.05) is 6.61 Å². The van der Waals surface area contributed by atoms with Crippen LogP contribution in [0.1, 0.15) is 5.56 Å². The van der Waals surface area contributed by atoms with Gasteiger partial charge in [-0.25, -0.2) is 4.79 Å². The Kier molecular flexibility index (Phi) is 5.61. The first-order chi connectivity index (χ1) is 9.23. The highest BCUT2D eigenvalue weighted by Crippen LogP contribution is 2.36. The second-order valence-corrected chi connectivity index (χ2v) is 5.46. The van der Waals surface area contributed by atoms with E-state index in [2.05, 4.69) is 4.98 Å². The highest BCUT2D eigenvalue weighted by molar-refractivity contribution is 7.55. The summed E-state index contributed by atoms with van der Waals surface area (Å²) in [6.07, 6.45) is 1.30. The van der Waals surface area contributed by atoms with Gasteiger partial charge in [0.25, 0.3) is 5.56 Å². The van der Waals surface area contributed by atoms with Crippen molar-refractivity contribution in [3.63, 3.8) is 0 Å². The largest absolute Gasteiger partial charge is 0.393 e. The van der Waals surface area contributed by atoms with E-state index in [1.807, 2.05) is 0 Å². The number of nitrogens with one attached hydrogen (secondary N) is 1. The van der Waals surface area contributed by atoms with E-state index in [4.69, 9.17) is 19.6 Å². The molecular formula is C10H15N2O7P. The molecule has 0 amide bonds. The van der Waals surface area contributed by atoms with Crippen LogP contribution in [0.3, 0.4) is 0 Å². The summed E-state index contributed by atoms with van der Waals surface area (Å²) in [5, 5.41) is 8.99. The molecule has 1 unspecified atom stereocenters. The summed E-state index contributed by atoms with van der Waals surface area (Å²) < 4.78 is 16.8. The van der Waals surface area contributed by atoms with Gasteiger partial charge in [-0.1, -0.05) is 0 Å². The number of aryl methyl sites for hydroxylation is 1. The predicted octanol–water partition coefficient (Wildman–Crippen LogP) is -1.13. The molecule has 0 aliphatic rings. The summed E-state index contributed by atoms with van der Waals surface area (Å²) in [5.41, 5.74) is -0.887. The molecule has 0 saturated carbocycles. The number of aromatic amines is 1. The summed E-state index contributed by atoms with van der Waals surface area (Å²) in [7, 11) is -4.34. The summed E-state index contributed by atoms with van der Waals surface area (Å²) in [6, 6.07) is 0. The molecule has 10 heteroatoms. The molecule has 1 atom stereocenters. The normalized spacial score (nSPS) is 13.8. The van der Waals surface area contributed by atoms with Crippen LogP contribution in [0, 0.1) is 6.92 Å². The highest BCUT2D eigenvalue weighted by atomic mass is 31.2. The zero-order valence-corrected chi connectivity index (χ0v) is 11.5. The van der Waals surface area contributed by atoms with Gasteiger partial charge in [0.05, 0.1) is 6.61 Å². The van der Waals surface area contributed by atoms with E-state index in [-0.39, 0.29) is 6.73 Å². The lowest BCUT2D eigenvalue weighted by Gasteiger charge is -2.13. The summed E-state index contributed by atoms with van der Waals surface area (Å²) >= 11 is 0. The number of hydrogen-bond donors (Lipinski definition) is 4. The van der Waals surface area contributed by atoms with Crippen LogP contribution >= 0.6 is 7.60 Å². The summed E-state index contributed by atoms with van der Waals surface area (Å²) in [4.78, 5) is 42.0. The number of aliphatic hydroxyl groups excluding tert-OH is 1. The molecule has 4 N–H and O–H groups in total. The van der Waals surface area contributed by atoms with Crippen molar-refractivity contribution in [3.05, 3.63) is 44.5 Å². The molecule has 0 aliphatic carbocycles. The van der Waals surface area contributed by atoms with E-state index in [9.17, 15) is 14.2 Å². The molecule has 1 heterocycles. The number of rotatable bonds is 6. The standard InChI is InChI=1S/C10H15N2O7P/c1-7-4-12(10(15)11-9(7)14)6-19-8(5-13)2-3-20(16,17)18/h2-4,8,13H,5-6H2,1H3,(H,11,14,15)(H2,16,17,18). The first-order valence-corrected chi connectivity index (χ1v) is 7.18. The van der Waals surface area contributed by atoms with Crippen molar-refractivity contribution in [2.45, 2.75) is 19.8 Å². The molecule has 1 rings (SSSR count). The second kappa shape index (κ2) is 6.78. The van der Waals surface area contributed by atoms with Crippen LogP contribution in [0.15, 0.2) is 27.7 Å². The van der Waals surface area contributed by atoms with Gasteiger partial charge in [0, 0.05) is 17.6 Å². The third kappa shape index (κ3) is 5.24. The van der Waals surface area contributed by atoms with Gasteiger partial charge in [0.1, 0.15) is 12.8 Å². The molecule has 112 valence electrons. The topological polar surface area (TPSA) is 142 Å². The lowest BCUT2D eigenvalue weighted by atomic mass is 10.4. The van der Waals surface area contributed by atoms with Crippen LogP contribution in [0.2, 0.25) is 0 Å². The maximum absolute atomic E-state index is 11.4. The minimum atomic E-state index is -4.34. The lowest BCUT2D eigenvalue weighted by molar-refractivity contribution is 0.00113. The van der Waals surface area contributed by atoms with Gasteiger partial charge in [-0.3, -0.25) is 18.9 Å². The number of H-pyrrole nitrogens is 1. The third-order valence-electron chi connectivity index (χ3n) is 2.29. The van der Waals surface area contributed by atoms with Crippen LogP contribution in [-0.4, -0.2) is 37.2 Å². The van der Waals surface area contributed by atoms with Gasteiger partial charge in [0.2, 0.25) is 0 Å². The Labute approximate surface area is 113 Å². The van der Waals surface area contributed by atoms with Crippen LogP contribution in [0.4, 0.5) is 0 Å². The first-order valence-electron chi connectivity index (χ1n) is 5.50. The Balaban J connectivity index is 2.77. The molecule has 0 bridgehead atoms. The molecular weight excluding hydrogens is 291 g/mol. The second-order valence-electron chi connectivity index (χ2n) is 3.99. The van der Waals surface area contributed by atoms with Gasteiger partial charge >= 0.3 is 13.3 Å². The molecule has 0 aromatic carbocycles. The molecule has 20 heavy (non-hydrogen) atoms. The zero-order valence-electron chi connectivity index (χ0n) is 10.6. The van der Waals surface area contributed by atoms with E-state index in [1.165, 1.54) is 13.1 Å². The van der Waals surface area contributed by atoms with E-state index in [0.717, 1.165) is 10.6 Å². The Hall–Kier alpha value is -1.51. The molecule has 1 aromatic heterocycles. The lowest BCUT2D eigenvalue weighted by Crippen LogP contribution is -2.32. The van der Waals surface area contributed by atoms with Crippen molar-refractivity contribution in [3.8, 4) is 0 Å². The monoisotopic (exact) mass is 306 g/mol. The average Bonchev–Trinajstić information content (AvgIpc) is 2.34. The van der Waals surface area contributed by atoms with Gasteiger partial charge < -0.3 is 19.6 Å². The van der Waals surface area contributed by atoms with E-state index < -0.39 is 31.6 Å². The molecule has 9 nitrogen and oxygen atoms in total. The maximum Gasteiger partial charge on any atom is 0.348 e. The first kappa shape index (κ1) is 16.5. The minimum absolute atomic E-state index is 0.285. The SMILES string of the molecule is Cc1cn(COC(C=CP(=O)(O)O)CO)c(=O)[nH]c1=O. The maximum atomic E-state index is 11.4. The number of aromatic nitrogens is 2. The quantitative estimate of drug-likeness (QED) is 0.487. The van der Waals surface area contributed by atoms with Crippen LogP contribution in [-0.2, 0) is 16.0 Å². The van der Waals surface area contributed by atoms with Gasteiger partial charge in [-0.2, -0.15) is 0 Å². The molecule has 0 saturated heterocycles. The van der Waals surface area contributed by atoms with Crippen molar-refractivity contribution in [1.82, 2.24) is 9.55 Å². The summed E-state index contributed by atoms with van der Waals surface area (Å²) in [5.74, 6) is 0.606. The Morgan fingerprint density at radius 1 is 1.50 bits per heavy atom. The Morgan fingerprint density at radius 2 is 2.15 bits per heavy atom. The van der Waals surface area contributed by atoms with Crippen LogP contribution in [0.5, 0.6) is 0 Å². The number of ether oxygens (including phenoxy) is 1. The number of nitrogens with zero attached hydrogens (tertiary/aromatic N) is 1. The van der Waals surface area contributed by atoms with Crippen molar-refractivity contribution >= 4 is 7.60 Å². The van der Waals surface area contributed by atoms with Gasteiger partial charge in [-0.05, 0) is 13.0 Å². The Morgan fingerprint density at radius 3 is 2.70 bits per heavy atom. The average molecular weight is 306 g/mol. The zero-order chi connectivity index (χ0) is 15.3. The fourth-order valence-corrected chi connectivity index (χ4v) is 1.68. The summed E-state index contributed by atoms with van der Waals surface area (Å²) in [6.45, 7) is 0.701. The molecule has 0 fully saturated rings. The molecule has 0 aliphatic heterocycles. The van der Waals surface area contributed by atoms with Gasteiger partial charge in [0.15, 0.2) is 0 Å². The molecule has 0 radical (unpaired) electrons. The van der Waals surface area contributed by atoms with Crippen molar-refractivity contribution < 1.29 is 24.2 Å². The Bertz CT molecular complexity index is 642.